The molecule has 0 aromatic heterocycles. The van der Waals surface area contributed by atoms with Crippen molar-refractivity contribution >= 4 is 11.8 Å². The van der Waals surface area contributed by atoms with E-state index in [1.807, 2.05) is 4.90 Å². The predicted octanol–water partition coefficient (Wildman–Crippen LogP) is 0.921. The number of carbonyl (C=O) groups excluding carboxylic acids is 2. The van der Waals surface area contributed by atoms with Crippen LogP contribution in [0.4, 0.5) is 0 Å². The molecule has 5 heteroatoms. The van der Waals surface area contributed by atoms with Gasteiger partial charge in [0.15, 0.2) is 0 Å². The summed E-state index contributed by atoms with van der Waals surface area (Å²) in [6.45, 7) is 3.28. The SMILES string of the molecule is CC(=O)N1CCC(CCCC(=O)NO)CC1. The lowest BCUT2D eigenvalue weighted by Crippen LogP contribution is -2.37. The fraction of sp³-hybridized carbons (Fsp3) is 0.818. The van der Waals surface area contributed by atoms with Crippen LogP contribution in [-0.4, -0.2) is 35.0 Å². The van der Waals surface area contributed by atoms with Crippen molar-refractivity contribution in [2.24, 2.45) is 5.92 Å². The zero-order valence-electron chi connectivity index (χ0n) is 9.74. The van der Waals surface area contributed by atoms with Crippen molar-refractivity contribution in [3.63, 3.8) is 0 Å². The summed E-state index contributed by atoms with van der Waals surface area (Å²) in [5.41, 5.74) is 1.63. The molecule has 1 aliphatic rings. The number of likely N-dealkylation sites (tertiary alicyclic amines) is 1. The molecule has 1 fully saturated rings. The molecule has 0 saturated carbocycles. The summed E-state index contributed by atoms with van der Waals surface area (Å²) in [5, 5.41) is 8.32. The molecule has 1 heterocycles. The Morgan fingerprint density at radius 1 is 1.38 bits per heavy atom. The Hall–Kier alpha value is -1.10. The number of nitrogens with one attached hydrogen (secondary N) is 1. The molecule has 0 aromatic rings. The maximum absolute atomic E-state index is 11.1. The highest BCUT2D eigenvalue weighted by atomic mass is 16.5. The van der Waals surface area contributed by atoms with E-state index in [9.17, 15) is 9.59 Å². The lowest BCUT2D eigenvalue weighted by Gasteiger charge is -2.31. The van der Waals surface area contributed by atoms with Gasteiger partial charge in [0.2, 0.25) is 11.8 Å². The molecule has 0 atom stereocenters. The van der Waals surface area contributed by atoms with Crippen LogP contribution in [0.3, 0.4) is 0 Å². The molecule has 1 saturated heterocycles. The molecule has 0 aromatic carbocycles. The third kappa shape index (κ3) is 4.18. The van der Waals surface area contributed by atoms with E-state index in [0.29, 0.717) is 12.3 Å². The molecule has 16 heavy (non-hydrogen) atoms. The summed E-state index contributed by atoms with van der Waals surface area (Å²) in [4.78, 5) is 23.7. The summed E-state index contributed by atoms with van der Waals surface area (Å²) < 4.78 is 0. The number of carbonyl (C=O) groups is 2. The fourth-order valence-corrected chi connectivity index (χ4v) is 2.14. The number of hydrogen-bond acceptors (Lipinski definition) is 3. The molecule has 92 valence electrons. The van der Waals surface area contributed by atoms with Crippen molar-refractivity contribution in [3.05, 3.63) is 0 Å². The number of rotatable bonds is 4. The van der Waals surface area contributed by atoms with E-state index in [1.54, 1.807) is 12.4 Å². The van der Waals surface area contributed by atoms with Gasteiger partial charge in [0.25, 0.3) is 0 Å². The van der Waals surface area contributed by atoms with Gasteiger partial charge < -0.3 is 4.90 Å². The molecular formula is C11H20N2O3. The van der Waals surface area contributed by atoms with E-state index < -0.39 is 0 Å². The quantitative estimate of drug-likeness (QED) is 0.555. The smallest absolute Gasteiger partial charge is 0.243 e. The van der Waals surface area contributed by atoms with Crippen LogP contribution < -0.4 is 5.48 Å². The van der Waals surface area contributed by atoms with E-state index >= 15 is 0 Å². The second-order valence-corrected chi connectivity index (χ2v) is 4.38. The molecular weight excluding hydrogens is 208 g/mol. The molecule has 0 aliphatic carbocycles. The van der Waals surface area contributed by atoms with Gasteiger partial charge >= 0.3 is 0 Å². The van der Waals surface area contributed by atoms with Gasteiger partial charge in [0, 0.05) is 26.4 Å². The Morgan fingerprint density at radius 2 is 2.00 bits per heavy atom. The van der Waals surface area contributed by atoms with Gasteiger partial charge in [-0.15, -0.1) is 0 Å². The van der Waals surface area contributed by atoms with Gasteiger partial charge in [-0.25, -0.2) is 5.48 Å². The van der Waals surface area contributed by atoms with Crippen LogP contribution in [0.1, 0.15) is 39.0 Å². The first-order valence-electron chi connectivity index (χ1n) is 5.82. The van der Waals surface area contributed by atoms with Crippen LogP contribution in [0.2, 0.25) is 0 Å². The van der Waals surface area contributed by atoms with Crippen LogP contribution in [0, 0.1) is 5.92 Å². The van der Waals surface area contributed by atoms with Gasteiger partial charge in [-0.2, -0.15) is 0 Å². The minimum Gasteiger partial charge on any atom is -0.343 e. The van der Waals surface area contributed by atoms with Crippen LogP contribution in [0.5, 0.6) is 0 Å². The average Bonchev–Trinajstić information content (AvgIpc) is 2.29. The summed E-state index contributed by atoms with van der Waals surface area (Å²) >= 11 is 0. The highest BCUT2D eigenvalue weighted by Gasteiger charge is 2.20. The zero-order chi connectivity index (χ0) is 12.0. The van der Waals surface area contributed by atoms with Crippen LogP contribution >= 0.6 is 0 Å². The molecule has 0 bridgehead atoms. The summed E-state index contributed by atoms with van der Waals surface area (Å²) in [7, 11) is 0. The van der Waals surface area contributed by atoms with Gasteiger partial charge in [0.05, 0.1) is 0 Å². The Morgan fingerprint density at radius 3 is 2.50 bits per heavy atom. The van der Waals surface area contributed by atoms with E-state index in [-0.39, 0.29) is 11.8 Å². The summed E-state index contributed by atoms with van der Waals surface area (Å²) in [6, 6.07) is 0. The second kappa shape index (κ2) is 6.48. The molecule has 0 unspecified atom stereocenters. The van der Waals surface area contributed by atoms with Gasteiger partial charge in [-0.1, -0.05) is 0 Å². The van der Waals surface area contributed by atoms with E-state index in [4.69, 9.17) is 5.21 Å². The Labute approximate surface area is 95.8 Å². The molecule has 1 rings (SSSR count). The molecule has 2 amide bonds. The minimum atomic E-state index is -0.318. The van der Waals surface area contributed by atoms with Crippen LogP contribution in [0.25, 0.3) is 0 Å². The van der Waals surface area contributed by atoms with Gasteiger partial charge in [-0.3, -0.25) is 14.8 Å². The van der Waals surface area contributed by atoms with Crippen LogP contribution in [-0.2, 0) is 9.59 Å². The molecule has 1 aliphatic heterocycles. The molecule has 2 N–H and O–H groups in total. The third-order valence-electron chi connectivity index (χ3n) is 3.20. The van der Waals surface area contributed by atoms with Crippen LogP contribution in [0.15, 0.2) is 0 Å². The van der Waals surface area contributed by atoms with Crippen molar-refractivity contribution in [2.75, 3.05) is 13.1 Å². The lowest BCUT2D eigenvalue weighted by atomic mass is 9.91. The predicted molar refractivity (Wildman–Crippen MR) is 58.8 cm³/mol. The van der Waals surface area contributed by atoms with Gasteiger partial charge in [-0.05, 0) is 31.6 Å². The zero-order valence-corrected chi connectivity index (χ0v) is 9.74. The lowest BCUT2D eigenvalue weighted by molar-refractivity contribution is -0.130. The maximum atomic E-state index is 11.1. The van der Waals surface area contributed by atoms with Crippen molar-refractivity contribution < 1.29 is 14.8 Å². The van der Waals surface area contributed by atoms with Gasteiger partial charge in [0.1, 0.15) is 0 Å². The second-order valence-electron chi connectivity index (χ2n) is 4.38. The van der Waals surface area contributed by atoms with Crippen molar-refractivity contribution in [1.29, 1.82) is 0 Å². The van der Waals surface area contributed by atoms with Crippen molar-refractivity contribution in [1.82, 2.24) is 10.4 Å². The Balaban J connectivity index is 2.13. The number of hydroxylamine groups is 1. The number of amides is 2. The average molecular weight is 228 g/mol. The normalized spacial score (nSPS) is 17.2. The molecule has 5 nitrogen and oxygen atoms in total. The number of nitrogens with zero attached hydrogens (tertiary/aromatic N) is 1. The van der Waals surface area contributed by atoms with Crippen molar-refractivity contribution in [2.45, 2.75) is 39.0 Å². The highest BCUT2D eigenvalue weighted by molar-refractivity contribution is 5.74. The number of hydrogen-bond donors (Lipinski definition) is 2. The topological polar surface area (TPSA) is 69.6 Å². The largest absolute Gasteiger partial charge is 0.343 e. The Bertz CT molecular complexity index is 248. The first-order valence-corrected chi connectivity index (χ1v) is 5.82. The minimum absolute atomic E-state index is 0.151. The third-order valence-corrected chi connectivity index (χ3v) is 3.20. The maximum Gasteiger partial charge on any atom is 0.243 e. The first kappa shape index (κ1) is 13.0. The van der Waals surface area contributed by atoms with E-state index in [0.717, 1.165) is 38.8 Å². The number of piperidine rings is 1. The molecule has 0 radical (unpaired) electrons. The first-order chi connectivity index (χ1) is 7.63. The van der Waals surface area contributed by atoms with Crippen molar-refractivity contribution in [3.8, 4) is 0 Å². The molecule has 0 spiro atoms. The van der Waals surface area contributed by atoms with E-state index in [1.165, 1.54) is 0 Å². The Kier molecular flexibility index (Phi) is 5.25. The summed E-state index contributed by atoms with van der Waals surface area (Å²) in [5.74, 6) is 0.446. The van der Waals surface area contributed by atoms with E-state index in [2.05, 4.69) is 0 Å². The highest BCUT2D eigenvalue weighted by Crippen LogP contribution is 2.22. The summed E-state index contributed by atoms with van der Waals surface area (Å²) in [6.07, 6.45) is 4.24. The fourth-order valence-electron chi connectivity index (χ4n) is 2.14. The standard InChI is InChI=1S/C11H20N2O3/c1-9(14)13-7-5-10(6-8-13)3-2-4-11(15)12-16/h10,16H,2-8H2,1H3,(H,12,15). The monoisotopic (exact) mass is 228 g/mol.